The van der Waals surface area contributed by atoms with E-state index < -0.39 is 5.41 Å². The maximum Gasteiger partial charge on any atom is 0.235 e. The van der Waals surface area contributed by atoms with E-state index >= 15 is 0 Å². The van der Waals surface area contributed by atoms with Crippen LogP contribution in [0.5, 0.6) is 0 Å². The summed E-state index contributed by atoms with van der Waals surface area (Å²) in [6.07, 6.45) is 2.16. The molecule has 1 saturated carbocycles. The van der Waals surface area contributed by atoms with Gasteiger partial charge in [0.05, 0.1) is 0 Å². The van der Waals surface area contributed by atoms with E-state index in [2.05, 4.69) is 10.6 Å². The molecule has 114 valence electrons. The second-order valence-electron chi connectivity index (χ2n) is 6.04. The highest BCUT2D eigenvalue weighted by atomic mass is 16.2. The maximum absolute atomic E-state index is 12.3. The third-order valence-electron chi connectivity index (χ3n) is 4.14. The summed E-state index contributed by atoms with van der Waals surface area (Å²) in [4.78, 5) is 24.6. The first kappa shape index (κ1) is 15.5. The molecule has 1 aliphatic carbocycles. The fourth-order valence-electron chi connectivity index (χ4n) is 2.32. The third-order valence-corrected chi connectivity index (χ3v) is 4.14. The summed E-state index contributed by atoms with van der Waals surface area (Å²) in [5.74, 6) is -0.275. The fourth-order valence-corrected chi connectivity index (χ4v) is 2.32. The Balaban J connectivity index is 1.92. The summed E-state index contributed by atoms with van der Waals surface area (Å²) < 4.78 is 0. The summed E-state index contributed by atoms with van der Waals surface area (Å²) >= 11 is 0. The minimum atomic E-state index is -0.826. The van der Waals surface area contributed by atoms with Crippen molar-refractivity contribution < 1.29 is 9.59 Å². The van der Waals surface area contributed by atoms with Gasteiger partial charge in [0, 0.05) is 12.6 Å². The molecule has 0 aliphatic heterocycles. The Morgan fingerprint density at radius 2 is 2.00 bits per heavy atom. The van der Waals surface area contributed by atoms with Crippen molar-refractivity contribution >= 4 is 11.8 Å². The second-order valence-corrected chi connectivity index (χ2v) is 6.04. The van der Waals surface area contributed by atoms with Gasteiger partial charge in [-0.1, -0.05) is 36.8 Å². The van der Waals surface area contributed by atoms with Gasteiger partial charge in [-0.2, -0.15) is 0 Å². The summed E-state index contributed by atoms with van der Waals surface area (Å²) in [5, 5.41) is 5.82. The Kier molecular flexibility index (Phi) is 4.66. The van der Waals surface area contributed by atoms with Crippen LogP contribution in [0.2, 0.25) is 0 Å². The van der Waals surface area contributed by atoms with Crippen LogP contribution in [-0.4, -0.2) is 17.9 Å². The van der Waals surface area contributed by atoms with Gasteiger partial charge in [0.2, 0.25) is 11.8 Å². The largest absolute Gasteiger partial charge is 0.353 e. The van der Waals surface area contributed by atoms with Gasteiger partial charge in [-0.15, -0.1) is 0 Å². The Morgan fingerprint density at radius 1 is 1.29 bits per heavy atom. The third kappa shape index (κ3) is 3.63. The molecule has 2 amide bonds. The van der Waals surface area contributed by atoms with Crippen LogP contribution in [0.4, 0.5) is 0 Å². The number of rotatable bonds is 6. The SMILES string of the molecule is CCC(C)NC(=O)C1(C(=O)NCc2cccc(C)c2)CC1. The summed E-state index contributed by atoms with van der Waals surface area (Å²) in [6.45, 7) is 6.47. The van der Waals surface area contributed by atoms with Crippen molar-refractivity contribution in [3.8, 4) is 0 Å². The van der Waals surface area contributed by atoms with Gasteiger partial charge < -0.3 is 10.6 Å². The van der Waals surface area contributed by atoms with E-state index in [0.717, 1.165) is 17.5 Å². The molecular weight excluding hydrogens is 264 g/mol. The van der Waals surface area contributed by atoms with Crippen LogP contribution < -0.4 is 10.6 Å². The lowest BCUT2D eigenvalue weighted by Crippen LogP contribution is -2.45. The molecular formula is C17H24N2O2. The van der Waals surface area contributed by atoms with E-state index in [-0.39, 0.29) is 17.9 Å². The number of nitrogens with one attached hydrogen (secondary N) is 2. The van der Waals surface area contributed by atoms with Gasteiger partial charge in [0.1, 0.15) is 5.41 Å². The number of carbonyl (C=O) groups excluding carboxylic acids is 2. The molecule has 0 aromatic heterocycles. The molecule has 1 aromatic rings. The number of hydrogen-bond donors (Lipinski definition) is 2. The van der Waals surface area contributed by atoms with Crippen molar-refractivity contribution in [1.29, 1.82) is 0 Å². The van der Waals surface area contributed by atoms with Crippen molar-refractivity contribution in [1.82, 2.24) is 10.6 Å². The molecule has 0 saturated heterocycles. The van der Waals surface area contributed by atoms with Crippen LogP contribution in [0.25, 0.3) is 0 Å². The van der Waals surface area contributed by atoms with Gasteiger partial charge in [0.15, 0.2) is 0 Å². The molecule has 21 heavy (non-hydrogen) atoms. The molecule has 0 bridgehead atoms. The minimum absolute atomic E-state index is 0.111. The first-order valence-corrected chi connectivity index (χ1v) is 7.63. The molecule has 0 radical (unpaired) electrons. The molecule has 4 nitrogen and oxygen atoms in total. The predicted octanol–water partition coefficient (Wildman–Crippen LogP) is 2.31. The number of benzene rings is 1. The van der Waals surface area contributed by atoms with Crippen molar-refractivity contribution in [2.75, 3.05) is 0 Å². The summed E-state index contributed by atoms with van der Waals surface area (Å²) in [7, 11) is 0. The topological polar surface area (TPSA) is 58.2 Å². The monoisotopic (exact) mass is 288 g/mol. The molecule has 4 heteroatoms. The molecule has 2 rings (SSSR count). The number of hydrogen-bond acceptors (Lipinski definition) is 2. The Bertz CT molecular complexity index is 535. The number of carbonyl (C=O) groups is 2. The first-order valence-electron chi connectivity index (χ1n) is 7.63. The standard InChI is InChI=1S/C17H24N2O2/c1-4-13(3)19-16(21)17(8-9-17)15(20)18-11-14-7-5-6-12(2)10-14/h5-7,10,13H,4,8-9,11H2,1-3H3,(H,18,20)(H,19,21). The zero-order valence-corrected chi connectivity index (χ0v) is 13.0. The van der Waals surface area contributed by atoms with Crippen molar-refractivity contribution in [2.24, 2.45) is 5.41 Å². The lowest BCUT2D eigenvalue weighted by atomic mass is 10.0. The molecule has 0 spiro atoms. The molecule has 1 aromatic carbocycles. The van der Waals surface area contributed by atoms with Crippen molar-refractivity contribution in [2.45, 2.75) is 52.6 Å². The average molecular weight is 288 g/mol. The van der Waals surface area contributed by atoms with Gasteiger partial charge in [-0.05, 0) is 38.7 Å². The van der Waals surface area contributed by atoms with E-state index in [9.17, 15) is 9.59 Å². The van der Waals surface area contributed by atoms with E-state index in [4.69, 9.17) is 0 Å². The summed E-state index contributed by atoms with van der Waals surface area (Å²) in [5.41, 5.74) is 1.40. The van der Waals surface area contributed by atoms with Gasteiger partial charge in [-0.25, -0.2) is 0 Å². The Morgan fingerprint density at radius 3 is 2.57 bits per heavy atom. The van der Waals surface area contributed by atoms with Crippen LogP contribution >= 0.6 is 0 Å². The number of aryl methyl sites for hydroxylation is 1. The highest BCUT2D eigenvalue weighted by molar-refractivity contribution is 6.07. The van der Waals surface area contributed by atoms with Crippen LogP contribution in [-0.2, 0) is 16.1 Å². The van der Waals surface area contributed by atoms with Crippen molar-refractivity contribution in [3.63, 3.8) is 0 Å². The van der Waals surface area contributed by atoms with Gasteiger partial charge in [-0.3, -0.25) is 9.59 Å². The van der Waals surface area contributed by atoms with Crippen LogP contribution in [0.15, 0.2) is 24.3 Å². The molecule has 1 aliphatic rings. The molecule has 0 heterocycles. The lowest BCUT2D eigenvalue weighted by Gasteiger charge is -2.18. The fraction of sp³-hybridized carbons (Fsp3) is 0.529. The highest BCUT2D eigenvalue weighted by Crippen LogP contribution is 2.46. The first-order chi connectivity index (χ1) is 9.98. The average Bonchev–Trinajstić information content (AvgIpc) is 3.26. The quantitative estimate of drug-likeness (QED) is 0.789. The van der Waals surface area contributed by atoms with Gasteiger partial charge in [0.25, 0.3) is 0 Å². The molecule has 2 N–H and O–H groups in total. The molecule has 1 unspecified atom stereocenters. The normalized spacial score (nSPS) is 16.9. The van der Waals surface area contributed by atoms with Crippen molar-refractivity contribution in [3.05, 3.63) is 35.4 Å². The van der Waals surface area contributed by atoms with E-state index in [0.29, 0.717) is 19.4 Å². The van der Waals surface area contributed by atoms with Crippen LogP contribution in [0.1, 0.15) is 44.2 Å². The lowest BCUT2D eigenvalue weighted by molar-refractivity contribution is -0.137. The highest BCUT2D eigenvalue weighted by Gasteiger charge is 2.56. The van der Waals surface area contributed by atoms with Crippen LogP contribution in [0, 0.1) is 12.3 Å². The minimum Gasteiger partial charge on any atom is -0.353 e. The zero-order valence-electron chi connectivity index (χ0n) is 13.0. The predicted molar refractivity (Wildman–Crippen MR) is 82.6 cm³/mol. The number of amides is 2. The molecule has 1 atom stereocenters. The van der Waals surface area contributed by atoms with Crippen LogP contribution in [0.3, 0.4) is 0 Å². The Hall–Kier alpha value is -1.84. The van der Waals surface area contributed by atoms with E-state index in [1.807, 2.05) is 45.0 Å². The summed E-state index contributed by atoms with van der Waals surface area (Å²) in [6, 6.07) is 8.12. The second kappa shape index (κ2) is 6.29. The van der Waals surface area contributed by atoms with E-state index in [1.54, 1.807) is 0 Å². The maximum atomic E-state index is 12.3. The Labute approximate surface area is 126 Å². The molecule has 1 fully saturated rings. The van der Waals surface area contributed by atoms with E-state index in [1.165, 1.54) is 0 Å². The smallest absolute Gasteiger partial charge is 0.235 e. The zero-order chi connectivity index (χ0) is 15.5. The van der Waals surface area contributed by atoms with Gasteiger partial charge >= 0.3 is 0 Å².